The first kappa shape index (κ1) is 16.1. The molecule has 0 amide bonds. The van der Waals surface area contributed by atoms with Crippen LogP contribution in [-0.2, 0) is 0 Å². The van der Waals surface area contributed by atoms with E-state index in [4.69, 9.17) is 4.74 Å². The molecule has 0 saturated heterocycles. The summed E-state index contributed by atoms with van der Waals surface area (Å²) in [4.78, 5) is 16.4. The van der Waals surface area contributed by atoms with Crippen LogP contribution in [-0.4, -0.2) is 27.7 Å². The summed E-state index contributed by atoms with van der Waals surface area (Å²) in [7, 11) is 1.56. The lowest BCUT2D eigenvalue weighted by atomic mass is 10.0. The third-order valence-corrected chi connectivity index (χ3v) is 3.60. The van der Waals surface area contributed by atoms with Crippen molar-refractivity contribution in [3.63, 3.8) is 0 Å². The molecule has 25 heavy (non-hydrogen) atoms. The van der Waals surface area contributed by atoms with Gasteiger partial charge >= 0.3 is 0 Å². The number of carbonyl (C=O) groups is 1. The number of carbonyl (C=O) groups excluding carboxylic acids is 1. The van der Waals surface area contributed by atoms with E-state index >= 15 is 0 Å². The van der Waals surface area contributed by atoms with Gasteiger partial charge in [0.2, 0.25) is 5.78 Å². The topological polar surface area (TPSA) is 80.8 Å². The van der Waals surface area contributed by atoms with E-state index in [1.165, 1.54) is 6.33 Å². The molecule has 0 atom stereocenters. The molecule has 0 unspecified atom stereocenters. The summed E-state index contributed by atoms with van der Waals surface area (Å²) in [5, 5.41) is 13.4. The summed E-state index contributed by atoms with van der Waals surface area (Å²) >= 11 is 0. The molecule has 0 fully saturated rings. The van der Waals surface area contributed by atoms with Gasteiger partial charge in [-0.2, -0.15) is 10.4 Å². The number of benzene rings is 2. The van der Waals surface area contributed by atoms with E-state index in [0.29, 0.717) is 11.3 Å². The number of rotatable bonds is 5. The monoisotopic (exact) mass is 330 g/mol. The highest BCUT2D eigenvalue weighted by molar-refractivity contribution is 6.14. The average molecular weight is 330 g/mol. The molecule has 6 heteroatoms. The molecule has 0 radical (unpaired) electrons. The highest BCUT2D eigenvalue weighted by Crippen LogP contribution is 2.17. The number of nitriles is 1. The zero-order valence-corrected chi connectivity index (χ0v) is 13.5. The Bertz CT molecular complexity index is 935. The molecular formula is C19H14N4O2. The number of hydrogen-bond acceptors (Lipinski definition) is 5. The van der Waals surface area contributed by atoms with Crippen LogP contribution in [0.5, 0.6) is 5.75 Å². The SMILES string of the molecule is COc1ccc(C(=O)/C(C#N)=C\c2ccc(-n3cncn3)cc2)cc1. The molecule has 6 nitrogen and oxygen atoms in total. The number of ether oxygens (including phenoxy) is 1. The molecule has 1 heterocycles. The lowest BCUT2D eigenvalue weighted by molar-refractivity contribution is 0.104. The van der Waals surface area contributed by atoms with E-state index in [0.717, 1.165) is 11.3 Å². The van der Waals surface area contributed by atoms with E-state index in [-0.39, 0.29) is 11.4 Å². The second-order valence-corrected chi connectivity index (χ2v) is 5.16. The summed E-state index contributed by atoms with van der Waals surface area (Å²) in [5.74, 6) is 0.327. The Morgan fingerprint density at radius 1 is 1.16 bits per heavy atom. The van der Waals surface area contributed by atoms with Crippen LogP contribution in [0.15, 0.2) is 66.8 Å². The molecule has 122 valence electrons. The quantitative estimate of drug-likeness (QED) is 0.408. The predicted molar refractivity (Wildman–Crippen MR) is 92.3 cm³/mol. The van der Waals surface area contributed by atoms with Crippen molar-refractivity contribution in [1.82, 2.24) is 14.8 Å². The van der Waals surface area contributed by atoms with E-state index in [1.807, 2.05) is 30.3 Å². The van der Waals surface area contributed by atoms with Crippen molar-refractivity contribution in [3.8, 4) is 17.5 Å². The second-order valence-electron chi connectivity index (χ2n) is 5.16. The standard InChI is InChI=1S/C19H14N4O2/c1-25-18-8-4-15(5-9-18)19(24)16(11-20)10-14-2-6-17(7-3-14)23-13-21-12-22-23/h2-10,12-13H,1H3/b16-10-. The van der Waals surface area contributed by atoms with Crippen LogP contribution in [0, 0.1) is 11.3 Å². The summed E-state index contributed by atoms with van der Waals surface area (Å²) < 4.78 is 6.70. The minimum Gasteiger partial charge on any atom is -0.497 e. The summed E-state index contributed by atoms with van der Waals surface area (Å²) in [5.41, 5.74) is 2.10. The molecule has 0 saturated carbocycles. The molecule has 2 aromatic carbocycles. The average Bonchev–Trinajstić information content (AvgIpc) is 3.21. The zero-order valence-electron chi connectivity index (χ0n) is 13.5. The van der Waals surface area contributed by atoms with E-state index in [2.05, 4.69) is 10.1 Å². The van der Waals surface area contributed by atoms with Crippen molar-refractivity contribution in [2.24, 2.45) is 0 Å². The van der Waals surface area contributed by atoms with Crippen molar-refractivity contribution in [3.05, 3.63) is 77.9 Å². The fourth-order valence-electron chi connectivity index (χ4n) is 2.28. The van der Waals surface area contributed by atoms with E-state index < -0.39 is 0 Å². The minimum absolute atomic E-state index is 0.0682. The molecule has 0 spiro atoms. The van der Waals surface area contributed by atoms with Crippen LogP contribution in [0.4, 0.5) is 0 Å². The Morgan fingerprint density at radius 3 is 2.44 bits per heavy atom. The van der Waals surface area contributed by atoms with Crippen LogP contribution in [0.1, 0.15) is 15.9 Å². The third kappa shape index (κ3) is 3.62. The van der Waals surface area contributed by atoms with Crippen LogP contribution < -0.4 is 4.74 Å². The molecule has 0 aliphatic carbocycles. The van der Waals surface area contributed by atoms with Crippen molar-refractivity contribution in [2.45, 2.75) is 0 Å². The van der Waals surface area contributed by atoms with Crippen LogP contribution in [0.2, 0.25) is 0 Å². The maximum atomic E-state index is 12.5. The van der Waals surface area contributed by atoms with Crippen molar-refractivity contribution in [2.75, 3.05) is 7.11 Å². The number of ketones is 1. The third-order valence-electron chi connectivity index (χ3n) is 3.60. The molecular weight excluding hydrogens is 316 g/mol. The molecule has 3 rings (SSSR count). The highest BCUT2D eigenvalue weighted by atomic mass is 16.5. The summed E-state index contributed by atoms with van der Waals surface area (Å²) in [6, 6.07) is 15.9. The number of hydrogen-bond donors (Lipinski definition) is 0. The van der Waals surface area contributed by atoms with Gasteiger partial charge in [0, 0.05) is 5.56 Å². The van der Waals surface area contributed by atoms with Crippen LogP contribution >= 0.6 is 0 Å². The van der Waals surface area contributed by atoms with Crippen LogP contribution in [0.25, 0.3) is 11.8 Å². The van der Waals surface area contributed by atoms with E-state index in [9.17, 15) is 10.1 Å². The highest BCUT2D eigenvalue weighted by Gasteiger charge is 2.12. The van der Waals surface area contributed by atoms with Gasteiger partial charge < -0.3 is 4.74 Å². The maximum absolute atomic E-state index is 12.5. The summed E-state index contributed by atoms with van der Waals surface area (Å²) in [6.45, 7) is 0. The Morgan fingerprint density at radius 2 is 1.88 bits per heavy atom. The first-order chi connectivity index (χ1) is 12.2. The van der Waals surface area contributed by atoms with E-state index in [1.54, 1.807) is 48.5 Å². The van der Waals surface area contributed by atoms with Gasteiger partial charge in [-0.25, -0.2) is 9.67 Å². The number of aromatic nitrogens is 3. The van der Waals surface area contributed by atoms with Gasteiger partial charge in [0.1, 0.15) is 30.0 Å². The minimum atomic E-state index is -0.328. The van der Waals surface area contributed by atoms with Gasteiger partial charge in [-0.05, 0) is 48.0 Å². The second kappa shape index (κ2) is 7.23. The number of Topliss-reactive ketones (excluding diaryl/α,β-unsaturated/α-hetero) is 1. The summed E-state index contributed by atoms with van der Waals surface area (Å²) in [6.07, 6.45) is 4.62. The molecule has 0 aliphatic rings. The van der Waals surface area contributed by atoms with Gasteiger partial charge in [0.15, 0.2) is 0 Å². The van der Waals surface area contributed by atoms with Crippen LogP contribution in [0.3, 0.4) is 0 Å². The lowest BCUT2D eigenvalue weighted by Gasteiger charge is -2.03. The lowest BCUT2D eigenvalue weighted by Crippen LogP contribution is -2.02. The van der Waals surface area contributed by atoms with Gasteiger partial charge in [0.05, 0.1) is 12.8 Å². The molecule has 1 aromatic heterocycles. The smallest absolute Gasteiger partial charge is 0.203 e. The zero-order chi connectivity index (χ0) is 17.6. The Balaban J connectivity index is 1.84. The van der Waals surface area contributed by atoms with Gasteiger partial charge in [0.25, 0.3) is 0 Å². The predicted octanol–water partition coefficient (Wildman–Crippen LogP) is 3.07. The molecule has 3 aromatic rings. The van der Waals surface area contributed by atoms with Crippen molar-refractivity contribution < 1.29 is 9.53 Å². The fraction of sp³-hybridized carbons (Fsp3) is 0.0526. The first-order valence-corrected chi connectivity index (χ1v) is 7.47. The number of methoxy groups -OCH3 is 1. The van der Waals surface area contributed by atoms with Gasteiger partial charge in [-0.1, -0.05) is 12.1 Å². The Kier molecular flexibility index (Phi) is 4.67. The normalized spacial score (nSPS) is 11.0. The fourth-order valence-corrected chi connectivity index (χ4v) is 2.28. The molecule has 0 aliphatic heterocycles. The van der Waals surface area contributed by atoms with Crippen molar-refractivity contribution >= 4 is 11.9 Å². The van der Waals surface area contributed by atoms with Gasteiger partial charge in [-0.15, -0.1) is 0 Å². The largest absolute Gasteiger partial charge is 0.497 e. The molecule has 0 bridgehead atoms. The first-order valence-electron chi connectivity index (χ1n) is 7.47. The number of nitrogens with zero attached hydrogens (tertiary/aromatic N) is 4. The molecule has 0 N–H and O–H groups in total. The Labute approximate surface area is 144 Å². The van der Waals surface area contributed by atoms with Crippen molar-refractivity contribution in [1.29, 1.82) is 5.26 Å². The van der Waals surface area contributed by atoms with Gasteiger partial charge in [-0.3, -0.25) is 4.79 Å². The Hall–Kier alpha value is -3.72. The maximum Gasteiger partial charge on any atom is 0.203 e. The number of allylic oxidation sites excluding steroid dienone is 1.